The van der Waals surface area contributed by atoms with Crippen molar-refractivity contribution in [2.75, 3.05) is 13.2 Å². The molecule has 194 valence electrons. The molecule has 2 atom stereocenters. The molecule has 1 aromatic carbocycles. The molecule has 0 aromatic heterocycles. The van der Waals surface area contributed by atoms with Crippen molar-refractivity contribution in [3.8, 4) is 0 Å². The minimum atomic E-state index is -1.21. The minimum absolute atomic E-state index is 0.00955. The molecule has 0 saturated carbocycles. The summed E-state index contributed by atoms with van der Waals surface area (Å²) < 4.78 is 5.07. The first-order chi connectivity index (χ1) is 16.5. The van der Waals surface area contributed by atoms with Gasteiger partial charge in [-0.1, -0.05) is 58.0 Å². The third-order valence-electron chi connectivity index (χ3n) is 4.80. The lowest BCUT2D eigenvalue weighted by atomic mass is 9.94. The number of carboxylic acids is 1. The molecule has 11 nitrogen and oxygen atoms in total. The molecule has 0 spiro atoms. The number of hydrogen-bond donors (Lipinski definition) is 5. The number of hydrogen-bond acceptors (Lipinski definition) is 6. The Balaban J connectivity index is 2.68. The maximum atomic E-state index is 12.9. The Labute approximate surface area is 205 Å². The summed E-state index contributed by atoms with van der Waals surface area (Å²) in [7, 11) is 0. The summed E-state index contributed by atoms with van der Waals surface area (Å²) in [6, 6.07) is 8.10. The van der Waals surface area contributed by atoms with Crippen LogP contribution in [0.4, 0.5) is 4.79 Å². The third kappa shape index (κ3) is 12.4. The normalized spacial score (nSPS) is 12.4. The summed E-state index contributed by atoms with van der Waals surface area (Å²) in [6.07, 6.45) is -0.255. The highest BCUT2D eigenvalue weighted by Crippen LogP contribution is 2.14. The summed E-state index contributed by atoms with van der Waals surface area (Å²) in [5, 5.41) is 18.5. The van der Waals surface area contributed by atoms with Gasteiger partial charge in [-0.3, -0.25) is 19.2 Å². The largest absolute Gasteiger partial charge is 0.480 e. The van der Waals surface area contributed by atoms with E-state index in [1.165, 1.54) is 0 Å². The SMILES string of the molecule is CC(C)CC(C(=O)NCNC(=O)OCc1ccccc1)C(=O)N[C@@H](CC(C)C)C(=O)NCC(=O)O. The molecule has 0 aliphatic carbocycles. The number of amides is 4. The molecule has 0 fully saturated rings. The fraction of sp³-hybridized carbons (Fsp3) is 0.542. The van der Waals surface area contributed by atoms with Crippen molar-refractivity contribution >= 4 is 29.8 Å². The number of aliphatic carboxylic acids is 1. The lowest BCUT2D eigenvalue weighted by molar-refractivity contribution is -0.139. The van der Waals surface area contributed by atoms with Crippen molar-refractivity contribution in [1.29, 1.82) is 0 Å². The van der Waals surface area contributed by atoms with Crippen LogP contribution in [-0.4, -0.2) is 54.1 Å². The Bertz CT molecular complexity index is 859. The molecule has 5 N–H and O–H groups in total. The molecule has 0 bridgehead atoms. The van der Waals surface area contributed by atoms with E-state index >= 15 is 0 Å². The minimum Gasteiger partial charge on any atom is -0.480 e. The topological polar surface area (TPSA) is 163 Å². The van der Waals surface area contributed by atoms with Crippen LogP contribution in [0.2, 0.25) is 0 Å². The Morgan fingerprint density at radius 2 is 1.46 bits per heavy atom. The lowest BCUT2D eigenvalue weighted by Crippen LogP contribution is -2.52. The molecule has 1 unspecified atom stereocenters. The van der Waals surface area contributed by atoms with E-state index in [0.717, 1.165) is 5.56 Å². The molecule has 1 rings (SSSR count). The summed E-state index contributed by atoms with van der Waals surface area (Å²) in [5.74, 6) is -4.21. The van der Waals surface area contributed by atoms with E-state index in [4.69, 9.17) is 9.84 Å². The maximum Gasteiger partial charge on any atom is 0.408 e. The summed E-state index contributed by atoms with van der Waals surface area (Å²) in [5.41, 5.74) is 0.809. The second kappa shape index (κ2) is 15.3. The van der Waals surface area contributed by atoms with Crippen LogP contribution in [-0.2, 0) is 30.5 Å². The molecule has 0 aliphatic heterocycles. The second-order valence-corrected chi connectivity index (χ2v) is 8.94. The number of nitrogens with one attached hydrogen (secondary N) is 4. The molecule has 4 amide bonds. The van der Waals surface area contributed by atoms with Gasteiger partial charge in [0.05, 0.1) is 6.67 Å². The average Bonchev–Trinajstić information content (AvgIpc) is 2.79. The van der Waals surface area contributed by atoms with E-state index in [2.05, 4.69) is 21.3 Å². The first-order valence-corrected chi connectivity index (χ1v) is 11.5. The summed E-state index contributed by atoms with van der Waals surface area (Å²) >= 11 is 0. The quantitative estimate of drug-likeness (QED) is 0.193. The van der Waals surface area contributed by atoms with E-state index in [1.54, 1.807) is 12.1 Å². The first-order valence-electron chi connectivity index (χ1n) is 11.5. The monoisotopic (exact) mass is 492 g/mol. The molecule has 0 radical (unpaired) electrons. The molecule has 11 heteroatoms. The van der Waals surface area contributed by atoms with Gasteiger partial charge in [0.15, 0.2) is 0 Å². The molecule has 0 saturated heterocycles. The van der Waals surface area contributed by atoms with Crippen molar-refractivity contribution in [2.45, 2.75) is 53.2 Å². The van der Waals surface area contributed by atoms with Crippen LogP contribution in [0.5, 0.6) is 0 Å². The van der Waals surface area contributed by atoms with Gasteiger partial charge in [0.2, 0.25) is 17.7 Å². The smallest absolute Gasteiger partial charge is 0.408 e. The number of alkyl carbamates (subject to hydrolysis) is 1. The molecular formula is C24H36N4O7. The molecular weight excluding hydrogens is 456 g/mol. The average molecular weight is 493 g/mol. The Morgan fingerprint density at radius 3 is 2.03 bits per heavy atom. The Morgan fingerprint density at radius 1 is 0.829 bits per heavy atom. The fourth-order valence-electron chi connectivity index (χ4n) is 3.17. The van der Waals surface area contributed by atoms with E-state index in [0.29, 0.717) is 0 Å². The number of rotatable bonds is 14. The Kier molecular flexibility index (Phi) is 12.9. The highest BCUT2D eigenvalue weighted by Gasteiger charge is 2.31. The van der Waals surface area contributed by atoms with Crippen LogP contribution in [0.3, 0.4) is 0 Å². The highest BCUT2D eigenvalue weighted by atomic mass is 16.5. The predicted molar refractivity (Wildman–Crippen MR) is 128 cm³/mol. The first kappa shape index (κ1) is 29.4. The zero-order valence-electron chi connectivity index (χ0n) is 20.6. The van der Waals surface area contributed by atoms with Gasteiger partial charge in [0, 0.05) is 0 Å². The highest BCUT2D eigenvalue weighted by molar-refractivity contribution is 6.02. The van der Waals surface area contributed by atoms with Crippen LogP contribution >= 0.6 is 0 Å². The maximum absolute atomic E-state index is 12.9. The predicted octanol–water partition coefficient (Wildman–Crippen LogP) is 1.38. The van der Waals surface area contributed by atoms with Gasteiger partial charge >= 0.3 is 12.1 Å². The lowest BCUT2D eigenvalue weighted by Gasteiger charge is -2.24. The van der Waals surface area contributed by atoms with E-state index in [1.807, 2.05) is 45.9 Å². The third-order valence-corrected chi connectivity index (χ3v) is 4.80. The number of carboxylic acid groups (broad SMARTS) is 1. The van der Waals surface area contributed by atoms with Gasteiger partial charge in [0.25, 0.3) is 0 Å². The van der Waals surface area contributed by atoms with E-state index in [-0.39, 0.29) is 38.0 Å². The number of carbonyl (C=O) groups is 5. The van der Waals surface area contributed by atoms with Crippen molar-refractivity contribution in [3.05, 3.63) is 35.9 Å². The van der Waals surface area contributed by atoms with Gasteiger partial charge < -0.3 is 31.1 Å². The van der Waals surface area contributed by atoms with Crippen molar-refractivity contribution in [3.63, 3.8) is 0 Å². The zero-order chi connectivity index (χ0) is 26.4. The van der Waals surface area contributed by atoms with E-state index in [9.17, 15) is 24.0 Å². The van der Waals surface area contributed by atoms with Crippen molar-refractivity contribution in [2.24, 2.45) is 17.8 Å². The second-order valence-electron chi connectivity index (χ2n) is 8.94. The van der Waals surface area contributed by atoms with Gasteiger partial charge in [-0.2, -0.15) is 0 Å². The van der Waals surface area contributed by atoms with Gasteiger partial charge in [-0.05, 0) is 30.2 Å². The number of carbonyl (C=O) groups excluding carboxylic acids is 4. The molecule has 0 aliphatic rings. The summed E-state index contributed by atoms with van der Waals surface area (Å²) in [4.78, 5) is 60.7. The van der Waals surface area contributed by atoms with Gasteiger partial charge in [-0.25, -0.2) is 4.79 Å². The zero-order valence-corrected chi connectivity index (χ0v) is 20.6. The number of benzene rings is 1. The van der Waals surface area contributed by atoms with Crippen molar-refractivity contribution in [1.82, 2.24) is 21.3 Å². The van der Waals surface area contributed by atoms with E-state index < -0.39 is 48.3 Å². The number of ether oxygens (including phenoxy) is 1. The molecule has 0 heterocycles. The van der Waals surface area contributed by atoms with Crippen LogP contribution < -0.4 is 21.3 Å². The summed E-state index contributed by atoms with van der Waals surface area (Å²) in [6.45, 7) is 6.64. The standard InChI is InChI=1S/C24H36N4O7/c1-15(2)10-18(22(32)28-19(11-16(3)4)23(33)25-12-20(29)30)21(31)26-14-27-24(34)35-13-17-8-6-5-7-9-17/h5-9,15-16,18-19H,10-14H2,1-4H3,(H,25,33)(H,26,31)(H,27,34)(H,28,32)(H,29,30)/t18?,19-/m0/s1. The van der Waals surface area contributed by atoms with Crippen LogP contribution in [0.1, 0.15) is 46.1 Å². The van der Waals surface area contributed by atoms with Gasteiger partial charge in [0.1, 0.15) is 25.1 Å². The van der Waals surface area contributed by atoms with Gasteiger partial charge in [-0.15, -0.1) is 0 Å². The molecule has 35 heavy (non-hydrogen) atoms. The fourth-order valence-corrected chi connectivity index (χ4v) is 3.17. The Hall–Kier alpha value is -3.63. The van der Waals surface area contributed by atoms with Crippen LogP contribution in [0.25, 0.3) is 0 Å². The van der Waals surface area contributed by atoms with Crippen molar-refractivity contribution < 1.29 is 33.8 Å². The van der Waals surface area contributed by atoms with Crippen LogP contribution in [0.15, 0.2) is 30.3 Å². The van der Waals surface area contributed by atoms with Crippen LogP contribution in [0, 0.1) is 17.8 Å². The molecule has 1 aromatic rings.